The Morgan fingerprint density at radius 1 is 1.21 bits per heavy atom. The molecule has 0 aliphatic carbocycles. The summed E-state index contributed by atoms with van der Waals surface area (Å²) < 4.78 is 2.03. The van der Waals surface area contributed by atoms with Gasteiger partial charge in [0.05, 0.1) is 6.42 Å². The van der Waals surface area contributed by atoms with Crippen molar-refractivity contribution in [1.82, 2.24) is 19.1 Å². The number of nitrogens with one attached hydrogen (secondary N) is 1. The summed E-state index contributed by atoms with van der Waals surface area (Å²) in [6.45, 7) is 1.33. The maximum absolute atomic E-state index is 11.9. The summed E-state index contributed by atoms with van der Waals surface area (Å²) in [6, 6.07) is 0. The standard InChI is InChI=1S/C11H12N4O4/c1-5(16)4-6-9(17)13-7-8(12-6)14(2)11(19)15(3)10(7)18/h4H2,1-3H3,(H,13,17). The van der Waals surface area contributed by atoms with Crippen molar-refractivity contribution in [2.24, 2.45) is 14.1 Å². The van der Waals surface area contributed by atoms with Gasteiger partial charge in [0.1, 0.15) is 11.5 Å². The number of aromatic nitrogens is 4. The molecule has 0 fully saturated rings. The van der Waals surface area contributed by atoms with E-state index in [4.69, 9.17) is 0 Å². The summed E-state index contributed by atoms with van der Waals surface area (Å²) in [5.41, 5.74) is -1.78. The largest absolute Gasteiger partial charge is 0.332 e. The fourth-order valence-electron chi connectivity index (χ4n) is 1.79. The number of hydrogen-bond donors (Lipinski definition) is 1. The van der Waals surface area contributed by atoms with Crippen molar-refractivity contribution in [2.75, 3.05) is 0 Å². The molecule has 2 heterocycles. The lowest BCUT2D eigenvalue weighted by atomic mass is 10.2. The molecule has 0 atom stereocenters. The molecule has 1 N–H and O–H groups in total. The van der Waals surface area contributed by atoms with E-state index in [-0.39, 0.29) is 29.1 Å². The van der Waals surface area contributed by atoms with E-state index >= 15 is 0 Å². The molecule has 0 amide bonds. The molecule has 8 heteroatoms. The smallest absolute Gasteiger partial charge is 0.313 e. The van der Waals surface area contributed by atoms with Crippen LogP contribution in [0.5, 0.6) is 0 Å². The Hall–Kier alpha value is -2.51. The highest BCUT2D eigenvalue weighted by atomic mass is 16.2. The van der Waals surface area contributed by atoms with Crippen LogP contribution < -0.4 is 16.8 Å². The number of nitrogens with zero attached hydrogens (tertiary/aromatic N) is 3. The molecule has 100 valence electrons. The van der Waals surface area contributed by atoms with Crippen LogP contribution in [0.4, 0.5) is 0 Å². The summed E-state index contributed by atoms with van der Waals surface area (Å²) >= 11 is 0. The molecule has 0 aromatic carbocycles. The predicted molar refractivity (Wildman–Crippen MR) is 67.2 cm³/mol. The fraction of sp³-hybridized carbons (Fsp3) is 0.364. The van der Waals surface area contributed by atoms with E-state index < -0.39 is 16.8 Å². The van der Waals surface area contributed by atoms with Crippen molar-refractivity contribution < 1.29 is 4.79 Å². The molecule has 8 nitrogen and oxygen atoms in total. The van der Waals surface area contributed by atoms with E-state index in [1.54, 1.807) is 0 Å². The third-order valence-corrected chi connectivity index (χ3v) is 2.79. The lowest BCUT2D eigenvalue weighted by Crippen LogP contribution is -2.39. The second-order valence-electron chi connectivity index (χ2n) is 4.30. The van der Waals surface area contributed by atoms with Gasteiger partial charge in [-0.25, -0.2) is 9.78 Å². The molecule has 0 bridgehead atoms. The van der Waals surface area contributed by atoms with Gasteiger partial charge >= 0.3 is 5.69 Å². The van der Waals surface area contributed by atoms with Gasteiger partial charge in [-0.1, -0.05) is 0 Å². The second-order valence-corrected chi connectivity index (χ2v) is 4.30. The first-order valence-electron chi connectivity index (χ1n) is 5.51. The van der Waals surface area contributed by atoms with Crippen LogP contribution in [0, 0.1) is 0 Å². The van der Waals surface area contributed by atoms with Crippen LogP contribution in [0.2, 0.25) is 0 Å². The van der Waals surface area contributed by atoms with Crippen LogP contribution >= 0.6 is 0 Å². The number of aromatic amines is 1. The van der Waals surface area contributed by atoms with Crippen molar-refractivity contribution >= 4 is 16.9 Å². The van der Waals surface area contributed by atoms with Gasteiger partial charge in [-0.2, -0.15) is 0 Å². The third-order valence-electron chi connectivity index (χ3n) is 2.79. The first kappa shape index (κ1) is 12.9. The van der Waals surface area contributed by atoms with Gasteiger partial charge in [-0.3, -0.25) is 23.5 Å². The van der Waals surface area contributed by atoms with Gasteiger partial charge in [0, 0.05) is 14.1 Å². The number of fused-ring (bicyclic) bond motifs is 1. The number of carbonyl (C=O) groups excluding carboxylic acids is 1. The zero-order valence-electron chi connectivity index (χ0n) is 10.7. The van der Waals surface area contributed by atoms with Crippen molar-refractivity contribution in [3.8, 4) is 0 Å². The maximum atomic E-state index is 11.9. The van der Waals surface area contributed by atoms with Gasteiger partial charge < -0.3 is 4.98 Å². The fourth-order valence-corrected chi connectivity index (χ4v) is 1.79. The zero-order chi connectivity index (χ0) is 14.3. The molecule has 19 heavy (non-hydrogen) atoms. The van der Waals surface area contributed by atoms with Gasteiger partial charge in [0.2, 0.25) is 0 Å². The first-order valence-corrected chi connectivity index (χ1v) is 5.51. The van der Waals surface area contributed by atoms with E-state index in [0.717, 1.165) is 9.13 Å². The summed E-state index contributed by atoms with van der Waals surface area (Å²) in [6.07, 6.45) is -0.144. The summed E-state index contributed by atoms with van der Waals surface area (Å²) in [5.74, 6) is -0.230. The van der Waals surface area contributed by atoms with Crippen LogP contribution in [0.1, 0.15) is 12.6 Å². The Morgan fingerprint density at radius 2 is 1.84 bits per heavy atom. The van der Waals surface area contributed by atoms with E-state index in [0.29, 0.717) is 0 Å². The Bertz CT molecular complexity index is 856. The minimum atomic E-state index is -0.628. The Morgan fingerprint density at radius 3 is 2.42 bits per heavy atom. The van der Waals surface area contributed by atoms with Crippen LogP contribution in [-0.4, -0.2) is 24.9 Å². The molecule has 0 radical (unpaired) electrons. The van der Waals surface area contributed by atoms with E-state index in [1.165, 1.54) is 21.0 Å². The summed E-state index contributed by atoms with van der Waals surface area (Å²) in [5, 5.41) is 0. The van der Waals surface area contributed by atoms with Crippen molar-refractivity contribution in [2.45, 2.75) is 13.3 Å². The average Bonchev–Trinajstić information content (AvgIpc) is 2.35. The highest BCUT2D eigenvalue weighted by Crippen LogP contribution is 1.99. The molecule has 2 aromatic heterocycles. The number of carbonyl (C=O) groups is 1. The monoisotopic (exact) mass is 264 g/mol. The molecule has 0 spiro atoms. The van der Waals surface area contributed by atoms with Crippen molar-refractivity contribution in [1.29, 1.82) is 0 Å². The van der Waals surface area contributed by atoms with E-state index in [2.05, 4.69) is 9.97 Å². The molecular weight excluding hydrogens is 252 g/mol. The Kier molecular flexibility index (Phi) is 2.93. The molecule has 0 unspecified atom stereocenters. The van der Waals surface area contributed by atoms with Gasteiger partial charge in [0.25, 0.3) is 11.1 Å². The van der Waals surface area contributed by atoms with Crippen LogP contribution in [-0.2, 0) is 25.3 Å². The van der Waals surface area contributed by atoms with Gasteiger partial charge in [-0.15, -0.1) is 0 Å². The number of Topliss-reactive ketones (excluding diaryl/α,β-unsaturated/α-hetero) is 1. The molecule has 2 aromatic rings. The molecule has 0 saturated heterocycles. The van der Waals surface area contributed by atoms with Crippen molar-refractivity contribution in [3.05, 3.63) is 36.9 Å². The van der Waals surface area contributed by atoms with Gasteiger partial charge in [-0.05, 0) is 6.92 Å². The van der Waals surface area contributed by atoms with Gasteiger partial charge in [0.15, 0.2) is 11.2 Å². The van der Waals surface area contributed by atoms with E-state index in [1.807, 2.05) is 0 Å². The molecule has 2 rings (SSSR count). The van der Waals surface area contributed by atoms with Crippen LogP contribution in [0.3, 0.4) is 0 Å². The molecular formula is C11H12N4O4. The summed E-state index contributed by atoms with van der Waals surface area (Å²) in [4.78, 5) is 52.7. The summed E-state index contributed by atoms with van der Waals surface area (Å²) in [7, 11) is 2.75. The first-order chi connectivity index (χ1) is 8.82. The van der Waals surface area contributed by atoms with Crippen LogP contribution in [0.25, 0.3) is 11.2 Å². The second kappa shape index (κ2) is 4.30. The van der Waals surface area contributed by atoms with Crippen LogP contribution in [0.15, 0.2) is 14.4 Å². The normalized spacial score (nSPS) is 10.9. The quantitative estimate of drug-likeness (QED) is 0.706. The number of aryl methyl sites for hydroxylation is 1. The Labute approximate surface area is 106 Å². The minimum Gasteiger partial charge on any atom is -0.313 e. The molecule has 0 aliphatic rings. The average molecular weight is 264 g/mol. The number of hydrogen-bond acceptors (Lipinski definition) is 5. The zero-order valence-corrected chi connectivity index (χ0v) is 10.7. The topological polar surface area (TPSA) is 107 Å². The van der Waals surface area contributed by atoms with E-state index in [9.17, 15) is 19.2 Å². The number of ketones is 1. The highest BCUT2D eigenvalue weighted by Gasteiger charge is 2.14. The maximum Gasteiger partial charge on any atom is 0.332 e. The lowest BCUT2D eigenvalue weighted by Gasteiger charge is -2.07. The van der Waals surface area contributed by atoms with Crippen molar-refractivity contribution in [3.63, 3.8) is 0 Å². The predicted octanol–water partition coefficient (Wildman–Crippen LogP) is -1.55. The number of H-pyrrole nitrogens is 1. The SMILES string of the molecule is CC(=O)Cc1nc2c([nH]c1=O)c(=O)n(C)c(=O)n2C. The lowest BCUT2D eigenvalue weighted by molar-refractivity contribution is -0.116. The minimum absolute atomic E-state index is 0.0109. The Balaban J connectivity index is 2.95. The highest BCUT2D eigenvalue weighted by molar-refractivity contribution is 5.78. The number of rotatable bonds is 2. The third kappa shape index (κ3) is 2.01. The molecule has 0 aliphatic heterocycles. The molecule has 0 saturated carbocycles.